The van der Waals surface area contributed by atoms with Gasteiger partial charge in [-0.15, -0.1) is 11.3 Å². The van der Waals surface area contributed by atoms with E-state index >= 15 is 0 Å². The fraction of sp³-hybridized carbons (Fsp3) is 0.368. The van der Waals surface area contributed by atoms with Crippen molar-refractivity contribution >= 4 is 22.1 Å². The Kier molecular flexibility index (Phi) is 6.81. The minimum absolute atomic E-state index is 0.0783. The first kappa shape index (κ1) is 22.3. The van der Waals surface area contributed by atoms with Gasteiger partial charge in [-0.2, -0.15) is 22.0 Å². The summed E-state index contributed by atoms with van der Waals surface area (Å²) in [5, 5.41) is 0.339. The predicted molar refractivity (Wildman–Crippen MR) is 100 cm³/mol. The molecule has 0 amide bonds. The second kappa shape index (κ2) is 9.17. The van der Waals surface area contributed by atoms with Crippen LogP contribution in [-0.2, 0) is 17.5 Å². The van der Waals surface area contributed by atoms with Crippen molar-refractivity contribution in [2.75, 3.05) is 6.61 Å². The number of fused-ring (bicyclic) bond motifs is 1. The van der Waals surface area contributed by atoms with Crippen molar-refractivity contribution in [2.45, 2.75) is 38.6 Å². The molecule has 2 heterocycles. The Morgan fingerprint density at radius 2 is 1.93 bits per heavy atom. The monoisotopic (exact) mass is 450 g/mol. The second-order valence-corrected chi connectivity index (χ2v) is 7.48. The molecule has 0 saturated carbocycles. The van der Waals surface area contributed by atoms with E-state index in [9.17, 15) is 31.1 Å². The molecule has 0 bridgehead atoms. The number of ether oxygens (including phenoxy) is 1. The van der Waals surface area contributed by atoms with Crippen molar-refractivity contribution in [1.82, 2.24) is 9.55 Å². The lowest BCUT2D eigenvalue weighted by Crippen LogP contribution is -2.19. The molecule has 30 heavy (non-hydrogen) atoms. The molecule has 0 aliphatic carbocycles. The van der Waals surface area contributed by atoms with Crippen molar-refractivity contribution in [3.05, 3.63) is 51.6 Å². The minimum Gasteiger partial charge on any atom is -0.323 e. The molecule has 0 N–H and O–H groups in total. The number of benzene rings is 1. The molecule has 0 aliphatic rings. The quantitative estimate of drug-likeness (QED) is 0.327. The number of unbranched alkanes of at least 4 members (excludes halogenated alkanes) is 2. The van der Waals surface area contributed by atoms with Gasteiger partial charge in [0.25, 0.3) is 5.56 Å². The molecule has 162 valence electrons. The molecule has 2 aromatic heterocycles. The average Bonchev–Trinajstić information content (AvgIpc) is 3.16. The normalized spacial score (nSPS) is 12.2. The highest BCUT2D eigenvalue weighted by molar-refractivity contribution is 7.15. The van der Waals surface area contributed by atoms with Crippen LogP contribution in [0.1, 0.15) is 24.1 Å². The van der Waals surface area contributed by atoms with Crippen LogP contribution < -0.4 is 5.56 Å². The summed E-state index contributed by atoms with van der Waals surface area (Å²) in [6.45, 7) is -2.57. The Morgan fingerprint density at radius 1 is 1.17 bits per heavy atom. The van der Waals surface area contributed by atoms with Gasteiger partial charge in [-0.1, -0.05) is 0 Å². The maximum Gasteiger partial charge on any atom is 0.427 e. The Hall–Kier alpha value is -2.40. The molecule has 0 radical (unpaired) electrons. The third-order valence-corrected chi connectivity index (χ3v) is 5.44. The number of hydrogen-bond acceptors (Lipinski definition) is 4. The van der Waals surface area contributed by atoms with Gasteiger partial charge in [0.05, 0.1) is 18.2 Å². The van der Waals surface area contributed by atoms with E-state index in [1.54, 1.807) is 6.07 Å². The van der Waals surface area contributed by atoms with Gasteiger partial charge in [-0.25, -0.2) is 9.37 Å². The number of aryl methyl sites for hydroxylation is 1. The largest absolute Gasteiger partial charge is 0.427 e. The third kappa shape index (κ3) is 5.20. The van der Waals surface area contributed by atoms with Crippen LogP contribution in [0.15, 0.2) is 35.4 Å². The van der Waals surface area contributed by atoms with Crippen LogP contribution in [0.3, 0.4) is 0 Å². The van der Waals surface area contributed by atoms with Crippen molar-refractivity contribution in [3.8, 4) is 10.6 Å². The summed E-state index contributed by atoms with van der Waals surface area (Å²) in [6.07, 6.45) is -0.895. The van der Waals surface area contributed by atoms with E-state index in [0.29, 0.717) is 48.7 Å². The maximum atomic E-state index is 14.5. The van der Waals surface area contributed by atoms with Crippen LogP contribution in [0.4, 0.5) is 26.3 Å². The first-order valence-electron chi connectivity index (χ1n) is 8.92. The molecular formula is C19H16F6N2O2S. The highest BCUT2D eigenvalue weighted by atomic mass is 32.1. The summed E-state index contributed by atoms with van der Waals surface area (Å²) in [4.78, 5) is 15.3. The molecule has 0 atom stereocenters. The summed E-state index contributed by atoms with van der Waals surface area (Å²) in [6, 6.07) is 3.86. The smallest absolute Gasteiger partial charge is 0.323 e. The first-order valence-corrected chi connectivity index (χ1v) is 9.74. The first-order chi connectivity index (χ1) is 14.2. The lowest BCUT2D eigenvalue weighted by atomic mass is 10.1. The van der Waals surface area contributed by atoms with Crippen molar-refractivity contribution in [2.24, 2.45) is 0 Å². The zero-order valence-corrected chi connectivity index (χ0v) is 16.2. The minimum atomic E-state index is -4.57. The zero-order chi connectivity index (χ0) is 21.9. The highest BCUT2D eigenvalue weighted by Crippen LogP contribution is 2.37. The lowest BCUT2D eigenvalue weighted by molar-refractivity contribution is -0.134. The van der Waals surface area contributed by atoms with Gasteiger partial charge in [0.15, 0.2) is 0 Å². The molecular weight excluding hydrogens is 434 g/mol. The second-order valence-electron chi connectivity index (χ2n) is 6.45. The molecule has 0 saturated heterocycles. The lowest BCUT2D eigenvalue weighted by Gasteiger charge is -2.09. The molecule has 0 aliphatic heterocycles. The van der Waals surface area contributed by atoms with Crippen LogP contribution in [0.25, 0.3) is 21.3 Å². The van der Waals surface area contributed by atoms with E-state index in [-0.39, 0.29) is 22.6 Å². The SMILES string of the molecule is O=c1c2cc(F)c(-c3ncc(C(F)(F)F)s3)cc2ccn1CCCCCOC(F)F. The number of nitrogens with zero attached hydrogens (tertiary/aromatic N) is 2. The topological polar surface area (TPSA) is 44.1 Å². The summed E-state index contributed by atoms with van der Waals surface area (Å²) in [7, 11) is 0. The fourth-order valence-electron chi connectivity index (χ4n) is 2.91. The standard InChI is InChI=1S/C19H16F6N2O2S/c20-14-9-12-11(8-13(14)16-26-10-15(30-16)19(23,24)25)4-6-27(17(12)28)5-2-1-3-7-29-18(21)22/h4,6,8-10,18H,1-3,5,7H2. The fourth-order valence-corrected chi connectivity index (χ4v) is 3.71. The van der Waals surface area contributed by atoms with E-state index in [1.807, 2.05) is 0 Å². The number of thiazole rings is 1. The van der Waals surface area contributed by atoms with Crippen LogP contribution in [0.2, 0.25) is 0 Å². The van der Waals surface area contributed by atoms with E-state index < -0.39 is 29.0 Å². The molecule has 0 fully saturated rings. The Bertz CT molecular complexity index is 1080. The average molecular weight is 450 g/mol. The van der Waals surface area contributed by atoms with Crippen molar-refractivity contribution in [1.29, 1.82) is 0 Å². The van der Waals surface area contributed by atoms with Gasteiger partial charge < -0.3 is 9.30 Å². The summed E-state index contributed by atoms with van der Waals surface area (Å²) in [5.74, 6) is -0.843. The van der Waals surface area contributed by atoms with Crippen molar-refractivity contribution < 1.29 is 31.1 Å². The van der Waals surface area contributed by atoms with Gasteiger partial charge in [-0.3, -0.25) is 4.79 Å². The van der Waals surface area contributed by atoms with E-state index in [2.05, 4.69) is 9.72 Å². The van der Waals surface area contributed by atoms with Gasteiger partial charge in [0.2, 0.25) is 0 Å². The zero-order valence-electron chi connectivity index (χ0n) is 15.4. The molecule has 1 aromatic carbocycles. The Morgan fingerprint density at radius 3 is 2.60 bits per heavy atom. The number of rotatable bonds is 8. The summed E-state index contributed by atoms with van der Waals surface area (Å²) < 4.78 is 82.1. The molecule has 3 rings (SSSR count). The van der Waals surface area contributed by atoms with Gasteiger partial charge in [0, 0.05) is 18.3 Å². The van der Waals surface area contributed by atoms with Crippen molar-refractivity contribution in [3.63, 3.8) is 0 Å². The molecule has 0 unspecified atom stereocenters. The molecule has 3 aromatic rings. The van der Waals surface area contributed by atoms with Crippen LogP contribution in [-0.4, -0.2) is 22.8 Å². The van der Waals surface area contributed by atoms with E-state index in [4.69, 9.17) is 0 Å². The Balaban J connectivity index is 1.77. The maximum absolute atomic E-state index is 14.5. The third-order valence-electron chi connectivity index (χ3n) is 4.37. The number of halogens is 6. The van der Waals surface area contributed by atoms with Crippen LogP contribution in [0.5, 0.6) is 0 Å². The predicted octanol–water partition coefficient (Wildman–Crippen LogP) is 5.69. The number of pyridine rings is 1. The van der Waals surface area contributed by atoms with Gasteiger partial charge in [-0.05, 0) is 42.8 Å². The number of hydrogen-bond donors (Lipinski definition) is 0. The van der Waals surface area contributed by atoms with Crippen LogP contribution in [0, 0.1) is 5.82 Å². The van der Waals surface area contributed by atoms with E-state index in [1.165, 1.54) is 16.8 Å². The number of alkyl halides is 5. The number of aromatic nitrogens is 2. The summed E-state index contributed by atoms with van der Waals surface area (Å²) in [5.41, 5.74) is -0.559. The molecule has 0 spiro atoms. The van der Waals surface area contributed by atoms with E-state index in [0.717, 1.165) is 6.07 Å². The molecule has 11 heteroatoms. The highest BCUT2D eigenvalue weighted by Gasteiger charge is 2.33. The van der Waals surface area contributed by atoms with Gasteiger partial charge in [0.1, 0.15) is 15.7 Å². The van der Waals surface area contributed by atoms with Gasteiger partial charge >= 0.3 is 12.8 Å². The summed E-state index contributed by atoms with van der Waals surface area (Å²) >= 11 is 0.326. The van der Waals surface area contributed by atoms with Crippen LogP contribution >= 0.6 is 11.3 Å². The Labute approximate surface area is 170 Å². The molecule has 4 nitrogen and oxygen atoms in total.